The highest BCUT2D eigenvalue weighted by Crippen LogP contribution is 2.26. The summed E-state index contributed by atoms with van der Waals surface area (Å²) in [5, 5.41) is 6.04. The van der Waals surface area contributed by atoms with E-state index in [0.717, 1.165) is 54.7 Å². The summed E-state index contributed by atoms with van der Waals surface area (Å²) in [4.78, 5) is 21.3. The van der Waals surface area contributed by atoms with Gasteiger partial charge in [0.25, 0.3) is 0 Å². The number of aromatic nitrogens is 1. The smallest absolute Gasteiger partial charge is 0.234 e. The van der Waals surface area contributed by atoms with Gasteiger partial charge in [-0.3, -0.25) is 14.6 Å². The van der Waals surface area contributed by atoms with Gasteiger partial charge in [-0.05, 0) is 24.3 Å². The van der Waals surface area contributed by atoms with Crippen LogP contribution in [-0.2, 0) is 16.1 Å². The Morgan fingerprint density at radius 1 is 1.14 bits per heavy atom. The number of nitrogens with zero attached hydrogens (tertiary/aromatic N) is 3. The van der Waals surface area contributed by atoms with E-state index in [2.05, 4.69) is 20.5 Å². The lowest BCUT2D eigenvalue weighted by atomic mass is 10.2. The van der Waals surface area contributed by atoms with Crippen molar-refractivity contribution >= 4 is 17.2 Å². The van der Waals surface area contributed by atoms with E-state index in [0.29, 0.717) is 19.7 Å². The summed E-state index contributed by atoms with van der Waals surface area (Å²) in [6, 6.07) is 8.00. The second kappa shape index (κ2) is 10.5. The Hall–Kier alpha value is -2.00. The van der Waals surface area contributed by atoms with Gasteiger partial charge in [0.15, 0.2) is 0 Å². The number of benzene rings is 1. The van der Waals surface area contributed by atoms with Crippen LogP contribution in [0.25, 0.3) is 10.6 Å². The van der Waals surface area contributed by atoms with Crippen LogP contribution >= 0.6 is 11.3 Å². The van der Waals surface area contributed by atoms with Gasteiger partial charge in [-0.2, -0.15) is 0 Å². The van der Waals surface area contributed by atoms with Crippen LogP contribution in [0.1, 0.15) is 5.69 Å². The second-order valence-corrected chi connectivity index (χ2v) is 7.63. The van der Waals surface area contributed by atoms with Crippen LogP contribution in [0.15, 0.2) is 29.6 Å². The lowest BCUT2D eigenvalue weighted by Crippen LogP contribution is -2.49. The summed E-state index contributed by atoms with van der Waals surface area (Å²) in [7, 11) is 3.30. The van der Waals surface area contributed by atoms with Crippen LogP contribution in [0.4, 0.5) is 0 Å². The fourth-order valence-electron chi connectivity index (χ4n) is 3.13. The number of ether oxygens (including phenoxy) is 2. The van der Waals surface area contributed by atoms with Crippen molar-refractivity contribution in [2.75, 3.05) is 60.1 Å². The summed E-state index contributed by atoms with van der Waals surface area (Å²) in [6.07, 6.45) is 0. The molecule has 0 atom stereocenters. The van der Waals surface area contributed by atoms with Gasteiger partial charge in [-0.1, -0.05) is 0 Å². The van der Waals surface area contributed by atoms with Gasteiger partial charge in [-0.25, -0.2) is 4.98 Å². The Labute approximate surface area is 170 Å². The van der Waals surface area contributed by atoms with Crippen molar-refractivity contribution in [3.05, 3.63) is 35.3 Å². The van der Waals surface area contributed by atoms with E-state index in [1.807, 2.05) is 24.3 Å². The van der Waals surface area contributed by atoms with Gasteiger partial charge >= 0.3 is 0 Å². The molecule has 152 valence electrons. The highest BCUT2D eigenvalue weighted by molar-refractivity contribution is 7.13. The second-order valence-electron chi connectivity index (χ2n) is 6.77. The van der Waals surface area contributed by atoms with Crippen LogP contribution in [0.3, 0.4) is 0 Å². The maximum Gasteiger partial charge on any atom is 0.234 e. The standard InChI is InChI=1S/C20H28N4O3S/c1-26-12-7-21-19(25)14-24-10-8-23(9-11-24)13-17-15-28-20(22-17)16-3-5-18(27-2)6-4-16/h3-6,15H,7-14H2,1-2H3,(H,21,25). The van der Waals surface area contributed by atoms with Gasteiger partial charge in [0.2, 0.25) is 5.91 Å². The molecule has 1 N–H and O–H groups in total. The predicted molar refractivity (Wildman–Crippen MR) is 111 cm³/mol. The molecule has 0 aliphatic carbocycles. The van der Waals surface area contributed by atoms with Gasteiger partial charge in [0, 0.05) is 57.3 Å². The average Bonchev–Trinajstić information content (AvgIpc) is 3.18. The van der Waals surface area contributed by atoms with Crippen molar-refractivity contribution in [2.24, 2.45) is 0 Å². The minimum atomic E-state index is 0.0640. The SMILES string of the molecule is COCCNC(=O)CN1CCN(Cc2csc(-c3ccc(OC)cc3)n2)CC1. The molecule has 1 saturated heterocycles. The third-order valence-corrected chi connectivity index (χ3v) is 5.67. The molecule has 0 radical (unpaired) electrons. The molecule has 0 unspecified atom stereocenters. The highest BCUT2D eigenvalue weighted by Gasteiger charge is 2.19. The van der Waals surface area contributed by atoms with E-state index in [1.54, 1.807) is 25.6 Å². The summed E-state index contributed by atoms with van der Waals surface area (Å²) in [5.74, 6) is 0.917. The summed E-state index contributed by atoms with van der Waals surface area (Å²) in [5.41, 5.74) is 2.21. The number of hydrogen-bond acceptors (Lipinski definition) is 7. The summed E-state index contributed by atoms with van der Waals surface area (Å²) < 4.78 is 10.2. The average molecular weight is 405 g/mol. The number of piperazine rings is 1. The maximum atomic E-state index is 11.9. The number of methoxy groups -OCH3 is 2. The Morgan fingerprint density at radius 3 is 2.54 bits per heavy atom. The number of nitrogens with one attached hydrogen (secondary N) is 1. The highest BCUT2D eigenvalue weighted by atomic mass is 32.1. The normalized spacial score (nSPS) is 15.5. The number of hydrogen-bond donors (Lipinski definition) is 1. The molecule has 2 heterocycles. The van der Waals surface area contributed by atoms with E-state index < -0.39 is 0 Å². The first-order valence-electron chi connectivity index (χ1n) is 9.47. The molecule has 1 fully saturated rings. The number of carbonyl (C=O) groups is 1. The molecular weight excluding hydrogens is 376 g/mol. The van der Waals surface area contributed by atoms with Crippen LogP contribution in [0, 0.1) is 0 Å². The molecule has 1 aromatic carbocycles. The Kier molecular flexibility index (Phi) is 7.79. The molecule has 0 bridgehead atoms. The van der Waals surface area contributed by atoms with Gasteiger partial charge in [0.1, 0.15) is 10.8 Å². The predicted octanol–water partition coefficient (Wildman–Crippen LogP) is 1.70. The quantitative estimate of drug-likeness (QED) is 0.642. The maximum absolute atomic E-state index is 11.9. The molecule has 2 aromatic rings. The van der Waals surface area contributed by atoms with Gasteiger partial charge in [0.05, 0.1) is 26.0 Å². The monoisotopic (exact) mass is 404 g/mol. The van der Waals surface area contributed by atoms with Crippen molar-refractivity contribution in [3.8, 4) is 16.3 Å². The molecule has 0 saturated carbocycles. The first kappa shape index (κ1) is 20.7. The van der Waals surface area contributed by atoms with E-state index >= 15 is 0 Å². The fraction of sp³-hybridized carbons (Fsp3) is 0.500. The summed E-state index contributed by atoms with van der Waals surface area (Å²) in [6.45, 7) is 6.10. The Balaban J connectivity index is 1.43. The zero-order chi connectivity index (χ0) is 19.8. The fourth-order valence-corrected chi connectivity index (χ4v) is 3.95. The van der Waals surface area contributed by atoms with Crippen molar-refractivity contribution in [2.45, 2.75) is 6.54 Å². The molecule has 1 aliphatic heterocycles. The Morgan fingerprint density at radius 2 is 1.86 bits per heavy atom. The van der Waals surface area contributed by atoms with E-state index in [1.165, 1.54) is 0 Å². The lowest BCUT2D eigenvalue weighted by molar-refractivity contribution is -0.122. The molecule has 1 amide bonds. The van der Waals surface area contributed by atoms with Crippen molar-refractivity contribution in [3.63, 3.8) is 0 Å². The molecular formula is C20H28N4O3S. The first-order valence-corrected chi connectivity index (χ1v) is 10.3. The van der Waals surface area contributed by atoms with E-state index in [4.69, 9.17) is 14.5 Å². The minimum absolute atomic E-state index is 0.0640. The number of rotatable bonds is 9. The zero-order valence-electron chi connectivity index (χ0n) is 16.5. The van der Waals surface area contributed by atoms with Crippen molar-refractivity contribution in [1.82, 2.24) is 20.1 Å². The van der Waals surface area contributed by atoms with Crippen LogP contribution in [0.2, 0.25) is 0 Å². The van der Waals surface area contributed by atoms with E-state index in [-0.39, 0.29) is 5.91 Å². The molecule has 0 spiro atoms. The zero-order valence-corrected chi connectivity index (χ0v) is 17.3. The van der Waals surface area contributed by atoms with Gasteiger partial charge < -0.3 is 14.8 Å². The molecule has 1 aromatic heterocycles. The van der Waals surface area contributed by atoms with Gasteiger partial charge in [-0.15, -0.1) is 11.3 Å². The van der Waals surface area contributed by atoms with E-state index in [9.17, 15) is 4.79 Å². The van der Waals surface area contributed by atoms with Crippen molar-refractivity contribution in [1.29, 1.82) is 0 Å². The topological polar surface area (TPSA) is 66.9 Å². The van der Waals surface area contributed by atoms with Crippen LogP contribution < -0.4 is 10.1 Å². The number of amides is 1. The molecule has 1 aliphatic rings. The van der Waals surface area contributed by atoms with Crippen LogP contribution in [0.5, 0.6) is 5.75 Å². The largest absolute Gasteiger partial charge is 0.497 e. The molecule has 7 nitrogen and oxygen atoms in total. The molecule has 28 heavy (non-hydrogen) atoms. The number of thiazole rings is 1. The third-order valence-electron chi connectivity index (χ3n) is 4.73. The molecule has 3 rings (SSSR count). The Bertz CT molecular complexity index is 742. The lowest BCUT2D eigenvalue weighted by Gasteiger charge is -2.33. The van der Waals surface area contributed by atoms with Crippen LogP contribution in [-0.4, -0.2) is 80.8 Å². The first-order chi connectivity index (χ1) is 13.7. The molecule has 8 heteroatoms. The summed E-state index contributed by atoms with van der Waals surface area (Å²) >= 11 is 1.67. The minimum Gasteiger partial charge on any atom is -0.497 e. The van der Waals surface area contributed by atoms with Crippen molar-refractivity contribution < 1.29 is 14.3 Å². The third kappa shape index (κ3) is 6.00. The number of carbonyl (C=O) groups excluding carboxylic acids is 1.